The number of β-amino-alcohol motifs (C(OH)–C–C–N with tert-alkyl or cyclic N) is 1. The normalized spacial score (nSPS) is 21.0. The van der Waals surface area contributed by atoms with Crippen LogP contribution in [0.15, 0.2) is 36.5 Å². The number of ether oxygens (including phenoxy) is 2. The van der Waals surface area contributed by atoms with E-state index in [0.717, 1.165) is 0 Å². The molecule has 2 fully saturated rings. The van der Waals surface area contributed by atoms with Crippen LogP contribution in [0.2, 0.25) is 5.02 Å². The Balaban J connectivity index is 1.13. The Labute approximate surface area is 304 Å². The van der Waals surface area contributed by atoms with Crippen molar-refractivity contribution < 1.29 is 42.5 Å². The molecule has 5 amide bonds. The number of benzene rings is 2. The topological polar surface area (TPSA) is 167 Å². The van der Waals surface area contributed by atoms with E-state index in [1.54, 1.807) is 27.8 Å². The maximum Gasteiger partial charge on any atom is 0.410 e. The van der Waals surface area contributed by atoms with E-state index in [1.807, 2.05) is 6.92 Å². The molecule has 52 heavy (non-hydrogen) atoms. The minimum absolute atomic E-state index is 0.0368. The smallest absolute Gasteiger partial charge is 0.410 e. The fraction of sp³-hybridized carbons (Fsp3) is 0.457. The third kappa shape index (κ3) is 8.23. The lowest BCUT2D eigenvalue weighted by Crippen LogP contribution is -2.49. The molecule has 14 nitrogen and oxygen atoms in total. The van der Waals surface area contributed by atoms with Crippen LogP contribution in [0.4, 0.5) is 24.1 Å². The molecule has 1 aromatic heterocycles. The average Bonchev–Trinajstić information content (AvgIpc) is 3.33. The number of urea groups is 1. The maximum atomic E-state index is 14.7. The van der Waals surface area contributed by atoms with E-state index in [1.165, 1.54) is 65.1 Å². The number of hydrogen-bond acceptors (Lipinski definition) is 8. The van der Waals surface area contributed by atoms with Crippen molar-refractivity contribution in [1.82, 2.24) is 30.0 Å². The zero-order chi connectivity index (χ0) is 38.2. The number of imidazole rings is 1. The molecule has 0 bridgehead atoms. The van der Waals surface area contributed by atoms with Crippen LogP contribution in [-0.2, 0) is 11.8 Å². The van der Waals surface area contributed by atoms with Crippen molar-refractivity contribution in [3.05, 3.63) is 64.6 Å². The Morgan fingerprint density at radius 1 is 1.08 bits per heavy atom. The number of rotatable bonds is 9. The molecule has 0 spiro atoms. The molecule has 1 aliphatic carbocycles. The number of nitrogens with one attached hydrogen (secondary N) is 3. The van der Waals surface area contributed by atoms with Crippen molar-refractivity contribution in [2.45, 2.75) is 51.5 Å². The van der Waals surface area contributed by atoms with Crippen LogP contribution in [0.5, 0.6) is 5.75 Å². The zero-order valence-corrected chi connectivity index (χ0v) is 30.5. The number of halogens is 3. The fourth-order valence-corrected chi connectivity index (χ4v) is 6.35. The van der Waals surface area contributed by atoms with Crippen molar-refractivity contribution >= 4 is 41.2 Å². The first kappa shape index (κ1) is 38.3. The first-order valence-electron chi connectivity index (χ1n) is 16.5. The van der Waals surface area contributed by atoms with Gasteiger partial charge in [-0.05, 0) is 57.0 Å². The Bertz CT molecular complexity index is 1880. The number of anilines is 1. The lowest BCUT2D eigenvalue weighted by molar-refractivity contribution is 0.0269. The number of carbonyl (C=O) groups is 4. The quantitative estimate of drug-likeness (QED) is 0.252. The predicted octanol–water partition coefficient (Wildman–Crippen LogP) is 4.27. The van der Waals surface area contributed by atoms with Crippen molar-refractivity contribution in [3.63, 3.8) is 0 Å². The van der Waals surface area contributed by atoms with E-state index in [-0.39, 0.29) is 70.1 Å². The number of hydrogen-bond donors (Lipinski definition) is 4. The van der Waals surface area contributed by atoms with Gasteiger partial charge in [0.2, 0.25) is 5.82 Å². The van der Waals surface area contributed by atoms with E-state index >= 15 is 0 Å². The van der Waals surface area contributed by atoms with Gasteiger partial charge in [-0.25, -0.2) is 19.0 Å². The fourth-order valence-electron chi connectivity index (χ4n) is 6.09. The summed E-state index contributed by atoms with van der Waals surface area (Å²) in [5.41, 5.74) is -0.198. The summed E-state index contributed by atoms with van der Waals surface area (Å²) in [6.07, 6.45) is -0.270. The molecule has 5 atom stereocenters. The predicted molar refractivity (Wildman–Crippen MR) is 187 cm³/mol. The molecule has 2 heterocycles. The minimum Gasteiger partial charge on any atom is -0.494 e. The first-order chi connectivity index (χ1) is 24.4. The molecule has 5 rings (SSSR count). The summed E-state index contributed by atoms with van der Waals surface area (Å²) in [7, 11) is 4.32. The summed E-state index contributed by atoms with van der Waals surface area (Å²) in [6, 6.07) is 5.63. The largest absolute Gasteiger partial charge is 0.494 e. The van der Waals surface area contributed by atoms with Crippen LogP contribution >= 0.6 is 11.6 Å². The van der Waals surface area contributed by atoms with Gasteiger partial charge in [-0.1, -0.05) is 18.5 Å². The highest BCUT2D eigenvalue weighted by atomic mass is 35.5. The summed E-state index contributed by atoms with van der Waals surface area (Å²) >= 11 is 6.45. The van der Waals surface area contributed by atoms with Gasteiger partial charge in [0.25, 0.3) is 11.8 Å². The second-order valence-electron chi connectivity index (χ2n) is 14.0. The van der Waals surface area contributed by atoms with Crippen molar-refractivity contribution in [2.24, 2.45) is 18.9 Å². The summed E-state index contributed by atoms with van der Waals surface area (Å²) in [5, 5.41) is 18.9. The van der Waals surface area contributed by atoms with Crippen LogP contribution in [-0.4, -0.2) is 106 Å². The zero-order valence-electron chi connectivity index (χ0n) is 29.8. The van der Waals surface area contributed by atoms with Crippen molar-refractivity contribution in [1.29, 1.82) is 0 Å². The second kappa shape index (κ2) is 14.9. The van der Waals surface area contributed by atoms with E-state index in [0.29, 0.717) is 6.54 Å². The number of aliphatic hydroxyl groups is 1. The monoisotopic (exact) mass is 745 g/mol. The third-order valence-electron chi connectivity index (χ3n) is 9.15. The molecular weight excluding hydrogens is 704 g/mol. The molecule has 17 heteroatoms. The molecule has 1 saturated heterocycles. The van der Waals surface area contributed by atoms with Gasteiger partial charge in [-0.15, -0.1) is 0 Å². The molecule has 280 valence electrons. The number of aromatic nitrogens is 2. The lowest BCUT2D eigenvalue weighted by atomic mass is 10.1. The highest BCUT2D eigenvalue weighted by molar-refractivity contribution is 6.34. The van der Waals surface area contributed by atoms with Gasteiger partial charge in [0, 0.05) is 50.4 Å². The number of aliphatic hydroxyl groups excluding tert-OH is 1. The van der Waals surface area contributed by atoms with Gasteiger partial charge >= 0.3 is 12.1 Å². The number of amides is 5. The van der Waals surface area contributed by atoms with E-state index in [9.17, 15) is 33.1 Å². The second-order valence-corrected chi connectivity index (χ2v) is 14.4. The third-order valence-corrected chi connectivity index (χ3v) is 9.46. The van der Waals surface area contributed by atoms with Crippen LogP contribution in [0, 0.1) is 23.5 Å². The number of carbonyl (C=O) groups excluding carboxylic acids is 4. The molecule has 0 radical (unpaired) electrons. The van der Waals surface area contributed by atoms with Crippen LogP contribution in [0.1, 0.15) is 48.7 Å². The highest BCUT2D eigenvalue weighted by Crippen LogP contribution is 2.39. The standard InChI is InChI=1S/C35H42ClF2N7O7/c1-17-21(14-43(5)33(49)41-23-15-45(16-25(23)46)34(50)52-35(2,3)4)29(17)42-31(47)19-9-8-18(12-22(19)36)40-32(48)30-39-13-24(44(30)6)20-10-11-26(51-7)28(38)27(20)37/h8-13,17,21,23,25,29,46H,14-16H2,1-7H3,(H,40,48)(H,41,49)(H,42,47). The summed E-state index contributed by atoms with van der Waals surface area (Å²) in [4.78, 5) is 58.5. The summed E-state index contributed by atoms with van der Waals surface area (Å²) in [6.45, 7) is 7.65. The van der Waals surface area contributed by atoms with E-state index < -0.39 is 53.3 Å². The lowest BCUT2D eigenvalue weighted by Gasteiger charge is -2.24. The summed E-state index contributed by atoms with van der Waals surface area (Å²) in [5.74, 6) is -3.73. The molecule has 3 aromatic rings. The Morgan fingerprint density at radius 3 is 2.44 bits per heavy atom. The Hall–Kier alpha value is -4.96. The SMILES string of the molecule is COc1ccc(-c2cnc(C(=O)Nc3ccc(C(=O)NC4C(C)C4CN(C)C(=O)NC4CN(C(=O)OC(C)(C)C)CC4O)c(Cl)c3)n2C)c(F)c1F. The molecule has 2 aliphatic rings. The van der Waals surface area contributed by atoms with Crippen LogP contribution < -0.4 is 20.7 Å². The first-order valence-corrected chi connectivity index (χ1v) is 16.9. The van der Waals surface area contributed by atoms with Crippen molar-refractivity contribution in [2.75, 3.05) is 39.1 Å². The van der Waals surface area contributed by atoms with Gasteiger partial charge in [-0.3, -0.25) is 9.59 Å². The summed E-state index contributed by atoms with van der Waals surface area (Å²) < 4.78 is 40.5. The van der Waals surface area contributed by atoms with Crippen molar-refractivity contribution in [3.8, 4) is 17.0 Å². The minimum atomic E-state index is -1.16. The molecule has 4 N–H and O–H groups in total. The van der Waals surface area contributed by atoms with E-state index in [2.05, 4.69) is 20.9 Å². The highest BCUT2D eigenvalue weighted by Gasteiger charge is 2.49. The Kier molecular flexibility index (Phi) is 11.0. The van der Waals surface area contributed by atoms with Crippen LogP contribution in [0.25, 0.3) is 11.3 Å². The van der Waals surface area contributed by atoms with Gasteiger partial charge in [0.15, 0.2) is 17.4 Å². The van der Waals surface area contributed by atoms with Gasteiger partial charge in [0.05, 0.1) is 48.3 Å². The van der Waals surface area contributed by atoms with Gasteiger partial charge in [-0.2, -0.15) is 4.39 Å². The number of likely N-dealkylation sites (tertiary alicyclic amines) is 1. The molecule has 2 aromatic carbocycles. The van der Waals surface area contributed by atoms with E-state index in [4.69, 9.17) is 21.1 Å². The maximum absolute atomic E-state index is 14.7. The van der Waals surface area contributed by atoms with Gasteiger partial charge in [0.1, 0.15) is 5.60 Å². The molecular formula is C35H42ClF2N7O7. The average molecular weight is 746 g/mol. The molecule has 5 unspecified atom stereocenters. The number of methoxy groups -OCH3 is 1. The van der Waals surface area contributed by atoms with Gasteiger partial charge < -0.3 is 44.9 Å². The molecule has 1 saturated carbocycles. The Morgan fingerprint density at radius 2 is 1.79 bits per heavy atom. The number of nitrogens with zero attached hydrogens (tertiary/aromatic N) is 4. The molecule has 1 aliphatic heterocycles. The van der Waals surface area contributed by atoms with Crippen LogP contribution in [0.3, 0.4) is 0 Å².